The summed E-state index contributed by atoms with van der Waals surface area (Å²) in [5.74, 6) is 10.00. The second-order valence-corrected chi connectivity index (χ2v) is 2.29. The van der Waals surface area contributed by atoms with E-state index in [4.69, 9.17) is 17.4 Å². The van der Waals surface area contributed by atoms with Crippen molar-refractivity contribution in [2.75, 3.05) is 20.6 Å². The largest absolute Gasteiger partial charge is 0.347 e. The first-order chi connectivity index (χ1) is 5.47. The highest BCUT2D eigenvalue weighted by atomic mass is 16.2. The van der Waals surface area contributed by atoms with Crippen molar-refractivity contribution in [3.8, 4) is 0 Å². The Morgan fingerprint density at radius 3 is 1.50 bits per heavy atom. The lowest BCUT2D eigenvalue weighted by Crippen LogP contribution is -2.45. The van der Waals surface area contributed by atoms with Gasteiger partial charge in [0.1, 0.15) is 0 Å². The topological polar surface area (TPSA) is 102 Å². The molecule has 0 radical (unpaired) electrons. The van der Waals surface area contributed by atoms with Gasteiger partial charge in [-0.1, -0.05) is 6.92 Å². The molecule has 0 aliphatic rings. The Labute approximate surface area is 73.2 Å². The molecule has 0 aliphatic carbocycles. The maximum atomic E-state index is 10.4. The summed E-state index contributed by atoms with van der Waals surface area (Å²) in [5, 5.41) is 1.81. The van der Waals surface area contributed by atoms with Gasteiger partial charge in [0.05, 0.1) is 0 Å². The van der Waals surface area contributed by atoms with Crippen LogP contribution in [0, 0.1) is 0 Å². The first-order valence-electron chi connectivity index (χ1n) is 3.68. The summed E-state index contributed by atoms with van der Waals surface area (Å²) in [4.78, 5) is 10.4. The Morgan fingerprint density at radius 1 is 1.25 bits per heavy atom. The van der Waals surface area contributed by atoms with Crippen molar-refractivity contribution in [1.29, 1.82) is 0 Å². The van der Waals surface area contributed by atoms with Crippen LogP contribution in [0.25, 0.3) is 0 Å². The maximum absolute atomic E-state index is 10.4. The van der Waals surface area contributed by atoms with Crippen LogP contribution < -0.4 is 17.4 Å². The van der Waals surface area contributed by atoms with Crippen LogP contribution >= 0.6 is 0 Å². The van der Waals surface area contributed by atoms with E-state index in [0.717, 1.165) is 23.0 Å². The Bertz CT molecular complexity index is 103. The molecule has 0 aliphatic heterocycles. The summed E-state index contributed by atoms with van der Waals surface area (Å²) in [7, 11) is 2.84. The summed E-state index contributed by atoms with van der Waals surface area (Å²) in [6.45, 7) is 2.88. The minimum atomic E-state index is -0.426. The standard InChI is InChI=1S/C3H10N4O.C3H9N/c1-6(4)3(8)7(2)5;1-2-3-4/h4-5H2,1-2H3;2-4H2,1H3. The molecule has 0 aromatic carbocycles. The minimum Gasteiger partial charge on any atom is -0.330 e. The molecule has 0 rings (SSSR count). The first kappa shape index (κ1) is 13.7. The fourth-order valence-electron chi connectivity index (χ4n) is 0.249. The quantitative estimate of drug-likeness (QED) is 0.273. The average molecular weight is 177 g/mol. The van der Waals surface area contributed by atoms with E-state index >= 15 is 0 Å². The van der Waals surface area contributed by atoms with E-state index in [0.29, 0.717) is 0 Å². The van der Waals surface area contributed by atoms with Crippen molar-refractivity contribution >= 4 is 6.03 Å². The lowest BCUT2D eigenvalue weighted by molar-refractivity contribution is 0.175. The second kappa shape index (κ2) is 8.25. The third-order valence-electron chi connectivity index (χ3n) is 0.892. The lowest BCUT2D eigenvalue weighted by atomic mass is 10.5. The summed E-state index contributed by atoms with van der Waals surface area (Å²) >= 11 is 0. The highest BCUT2D eigenvalue weighted by Crippen LogP contribution is 1.77. The zero-order chi connectivity index (χ0) is 10.1. The fourth-order valence-corrected chi connectivity index (χ4v) is 0.249. The first-order valence-corrected chi connectivity index (χ1v) is 3.68. The minimum absolute atomic E-state index is 0.426. The van der Waals surface area contributed by atoms with Gasteiger partial charge in [-0.25, -0.2) is 16.5 Å². The molecule has 12 heavy (non-hydrogen) atoms. The summed E-state index contributed by atoms with van der Waals surface area (Å²) < 4.78 is 0. The number of carbonyl (C=O) groups is 1. The van der Waals surface area contributed by atoms with Crippen molar-refractivity contribution in [3.05, 3.63) is 0 Å². The van der Waals surface area contributed by atoms with Gasteiger partial charge in [-0.3, -0.25) is 10.0 Å². The fraction of sp³-hybridized carbons (Fsp3) is 0.833. The zero-order valence-corrected chi connectivity index (χ0v) is 7.95. The molecule has 0 aromatic rings. The number of carbonyl (C=O) groups excluding carboxylic acids is 1. The number of hydrogen-bond acceptors (Lipinski definition) is 4. The van der Waals surface area contributed by atoms with Gasteiger partial charge in [-0.2, -0.15) is 0 Å². The van der Waals surface area contributed by atoms with Gasteiger partial charge < -0.3 is 5.73 Å². The SMILES string of the molecule is CCCN.CN(N)C(=O)N(C)N. The van der Waals surface area contributed by atoms with Gasteiger partial charge in [0.25, 0.3) is 0 Å². The Kier molecular flexibility index (Phi) is 9.43. The molecule has 0 spiro atoms. The Balaban J connectivity index is 0. The molecule has 6 nitrogen and oxygen atoms in total. The third kappa shape index (κ3) is 9.15. The van der Waals surface area contributed by atoms with Crippen LogP contribution in [0.15, 0.2) is 0 Å². The molecule has 0 fully saturated rings. The smallest absolute Gasteiger partial charge is 0.330 e. The van der Waals surface area contributed by atoms with E-state index in [9.17, 15) is 4.79 Å². The average Bonchev–Trinajstić information content (AvgIpc) is 2.03. The van der Waals surface area contributed by atoms with Gasteiger partial charge in [0.2, 0.25) is 0 Å². The number of hydrogen-bond donors (Lipinski definition) is 3. The Hall–Kier alpha value is -0.850. The van der Waals surface area contributed by atoms with E-state index in [1.807, 2.05) is 0 Å². The molecule has 0 bridgehead atoms. The third-order valence-corrected chi connectivity index (χ3v) is 0.892. The molecular formula is C6H19N5O. The molecule has 0 unspecified atom stereocenters. The number of hydrazine groups is 2. The molecule has 6 heteroatoms. The van der Waals surface area contributed by atoms with Crippen LogP contribution in [0.4, 0.5) is 4.79 Å². The second-order valence-electron chi connectivity index (χ2n) is 2.29. The van der Waals surface area contributed by atoms with Gasteiger partial charge in [-0.15, -0.1) is 0 Å². The normalized spacial score (nSPS) is 8.17. The van der Waals surface area contributed by atoms with Crippen molar-refractivity contribution in [1.82, 2.24) is 10.0 Å². The highest BCUT2D eigenvalue weighted by molar-refractivity contribution is 5.72. The van der Waals surface area contributed by atoms with Crippen molar-refractivity contribution in [2.24, 2.45) is 17.4 Å². The van der Waals surface area contributed by atoms with Crippen LogP contribution in [-0.2, 0) is 0 Å². The predicted molar refractivity (Wildman–Crippen MR) is 48.6 cm³/mol. The van der Waals surface area contributed by atoms with Gasteiger partial charge in [-0.05, 0) is 13.0 Å². The van der Waals surface area contributed by atoms with Crippen molar-refractivity contribution in [2.45, 2.75) is 13.3 Å². The van der Waals surface area contributed by atoms with E-state index in [2.05, 4.69) is 6.92 Å². The predicted octanol–water partition coefficient (Wildman–Crippen LogP) is -0.927. The monoisotopic (exact) mass is 177 g/mol. The zero-order valence-electron chi connectivity index (χ0n) is 7.95. The molecular weight excluding hydrogens is 158 g/mol. The molecule has 2 amide bonds. The Morgan fingerprint density at radius 2 is 1.50 bits per heavy atom. The van der Waals surface area contributed by atoms with E-state index in [1.54, 1.807) is 0 Å². The summed E-state index contributed by atoms with van der Waals surface area (Å²) in [6, 6.07) is -0.426. The number of nitrogens with zero attached hydrogens (tertiary/aromatic N) is 2. The molecule has 0 atom stereocenters. The molecule has 0 heterocycles. The van der Waals surface area contributed by atoms with Gasteiger partial charge in [0, 0.05) is 14.1 Å². The summed E-state index contributed by atoms with van der Waals surface area (Å²) in [5.41, 5.74) is 5.03. The number of nitrogens with two attached hydrogens (primary N) is 3. The van der Waals surface area contributed by atoms with Crippen molar-refractivity contribution < 1.29 is 4.79 Å². The van der Waals surface area contributed by atoms with Crippen molar-refractivity contribution in [3.63, 3.8) is 0 Å². The molecule has 0 saturated carbocycles. The highest BCUT2D eigenvalue weighted by Gasteiger charge is 2.04. The summed E-state index contributed by atoms with van der Waals surface area (Å²) in [6.07, 6.45) is 1.10. The van der Waals surface area contributed by atoms with Crippen LogP contribution in [-0.4, -0.2) is 36.7 Å². The number of urea groups is 1. The van der Waals surface area contributed by atoms with E-state index in [-0.39, 0.29) is 0 Å². The van der Waals surface area contributed by atoms with Gasteiger partial charge in [0.15, 0.2) is 0 Å². The molecule has 74 valence electrons. The number of amides is 2. The van der Waals surface area contributed by atoms with Crippen LogP contribution in [0.1, 0.15) is 13.3 Å². The number of rotatable bonds is 1. The van der Waals surface area contributed by atoms with Crippen LogP contribution in [0.2, 0.25) is 0 Å². The van der Waals surface area contributed by atoms with E-state index < -0.39 is 6.03 Å². The molecule has 6 N–H and O–H groups in total. The van der Waals surface area contributed by atoms with E-state index in [1.165, 1.54) is 14.1 Å². The van der Waals surface area contributed by atoms with Crippen LogP contribution in [0.5, 0.6) is 0 Å². The van der Waals surface area contributed by atoms with Crippen LogP contribution in [0.3, 0.4) is 0 Å². The molecule has 0 saturated heterocycles. The lowest BCUT2D eigenvalue weighted by Gasteiger charge is -2.15. The van der Waals surface area contributed by atoms with Gasteiger partial charge >= 0.3 is 6.03 Å². The maximum Gasteiger partial charge on any atom is 0.347 e. The molecule has 0 aromatic heterocycles.